The maximum atomic E-state index is 13.2. The first-order valence-corrected chi connectivity index (χ1v) is 9.22. The van der Waals surface area contributed by atoms with Crippen LogP contribution in [0.2, 0.25) is 0 Å². The molecule has 0 radical (unpaired) electrons. The summed E-state index contributed by atoms with van der Waals surface area (Å²) in [5.41, 5.74) is 2.78. The Morgan fingerprint density at radius 1 is 1.17 bits per heavy atom. The third-order valence-electron chi connectivity index (χ3n) is 3.98. The average molecular weight is 334 g/mol. The Morgan fingerprint density at radius 2 is 1.96 bits per heavy atom. The Balaban J connectivity index is 1.57. The van der Waals surface area contributed by atoms with Gasteiger partial charge in [0.15, 0.2) is 0 Å². The predicted octanol–water partition coefficient (Wildman–Crippen LogP) is 2.13. The van der Waals surface area contributed by atoms with E-state index in [1.807, 2.05) is 30.3 Å². The molecule has 0 fully saturated rings. The molecule has 1 aliphatic heterocycles. The van der Waals surface area contributed by atoms with Crippen molar-refractivity contribution in [2.75, 3.05) is 12.3 Å². The molecule has 1 heterocycles. The smallest absolute Gasteiger partial charge is 0.213 e. The maximum Gasteiger partial charge on any atom is 0.213 e. The Morgan fingerprint density at radius 3 is 2.74 bits per heavy atom. The standard InChI is InChI=1S/C17H19FN2O2S/c18-15-6-7-16-14(10-15)11-19-17(16)12-23(21,22)20-9-8-13-4-2-1-3-5-13/h1-7,10,17,19-20H,8-9,11-12H2. The van der Waals surface area contributed by atoms with Crippen LogP contribution in [0.4, 0.5) is 4.39 Å². The van der Waals surface area contributed by atoms with Crippen LogP contribution in [0.1, 0.15) is 22.7 Å². The van der Waals surface area contributed by atoms with Crippen molar-refractivity contribution in [3.63, 3.8) is 0 Å². The van der Waals surface area contributed by atoms with Gasteiger partial charge < -0.3 is 5.32 Å². The number of nitrogens with one attached hydrogen (secondary N) is 2. The number of hydrogen-bond donors (Lipinski definition) is 2. The second-order valence-corrected chi connectivity index (χ2v) is 7.54. The van der Waals surface area contributed by atoms with Crippen molar-refractivity contribution in [3.05, 3.63) is 71.0 Å². The minimum absolute atomic E-state index is 0.0412. The van der Waals surface area contributed by atoms with Crippen molar-refractivity contribution in [1.29, 1.82) is 0 Å². The molecule has 1 unspecified atom stereocenters. The average Bonchev–Trinajstić information content (AvgIpc) is 2.89. The van der Waals surface area contributed by atoms with Gasteiger partial charge in [0.2, 0.25) is 10.0 Å². The quantitative estimate of drug-likeness (QED) is 0.851. The van der Waals surface area contributed by atoms with Crippen LogP contribution in [-0.4, -0.2) is 20.7 Å². The Hall–Kier alpha value is -1.76. The number of benzene rings is 2. The highest BCUT2D eigenvalue weighted by atomic mass is 32.2. The summed E-state index contributed by atoms with van der Waals surface area (Å²) in [5.74, 6) is -0.338. The van der Waals surface area contributed by atoms with E-state index in [0.29, 0.717) is 19.5 Å². The van der Waals surface area contributed by atoms with Gasteiger partial charge in [-0.2, -0.15) is 0 Å². The summed E-state index contributed by atoms with van der Waals surface area (Å²) in [5, 5.41) is 3.13. The second kappa shape index (κ2) is 6.78. The third kappa shape index (κ3) is 4.16. The molecule has 3 rings (SSSR count). The number of rotatable bonds is 6. The zero-order valence-electron chi connectivity index (χ0n) is 12.6. The highest BCUT2D eigenvalue weighted by Gasteiger charge is 2.27. The summed E-state index contributed by atoms with van der Waals surface area (Å²) < 4.78 is 40.3. The van der Waals surface area contributed by atoms with Crippen LogP contribution < -0.4 is 10.0 Å². The highest BCUT2D eigenvalue weighted by Crippen LogP contribution is 2.26. The Labute approximate surface area is 135 Å². The van der Waals surface area contributed by atoms with E-state index in [9.17, 15) is 12.8 Å². The largest absolute Gasteiger partial charge is 0.305 e. The second-order valence-electron chi connectivity index (χ2n) is 5.69. The van der Waals surface area contributed by atoms with Crippen molar-refractivity contribution in [2.45, 2.75) is 19.0 Å². The third-order valence-corrected chi connectivity index (χ3v) is 5.40. The van der Waals surface area contributed by atoms with Crippen molar-refractivity contribution < 1.29 is 12.8 Å². The fourth-order valence-electron chi connectivity index (χ4n) is 2.83. The molecular weight excluding hydrogens is 315 g/mol. The number of sulfonamides is 1. The van der Waals surface area contributed by atoms with Gasteiger partial charge >= 0.3 is 0 Å². The fourth-order valence-corrected chi connectivity index (χ4v) is 4.10. The molecule has 0 saturated carbocycles. The molecule has 0 aromatic heterocycles. The van der Waals surface area contributed by atoms with Crippen molar-refractivity contribution in [1.82, 2.24) is 10.0 Å². The molecule has 6 heteroatoms. The van der Waals surface area contributed by atoms with Crippen LogP contribution in [-0.2, 0) is 23.0 Å². The summed E-state index contributed by atoms with van der Waals surface area (Å²) in [7, 11) is -3.39. The molecule has 0 aliphatic carbocycles. The topological polar surface area (TPSA) is 58.2 Å². The molecule has 23 heavy (non-hydrogen) atoms. The predicted molar refractivity (Wildman–Crippen MR) is 87.9 cm³/mol. The van der Waals surface area contributed by atoms with E-state index < -0.39 is 10.0 Å². The van der Waals surface area contributed by atoms with Crippen LogP contribution in [0.15, 0.2) is 48.5 Å². The highest BCUT2D eigenvalue weighted by molar-refractivity contribution is 7.89. The van der Waals surface area contributed by atoms with E-state index in [1.165, 1.54) is 12.1 Å². The van der Waals surface area contributed by atoms with Crippen LogP contribution in [0.25, 0.3) is 0 Å². The van der Waals surface area contributed by atoms with Gasteiger partial charge in [0.05, 0.1) is 5.75 Å². The van der Waals surface area contributed by atoms with Gasteiger partial charge in [-0.1, -0.05) is 36.4 Å². The molecule has 122 valence electrons. The van der Waals surface area contributed by atoms with Crippen molar-refractivity contribution in [3.8, 4) is 0 Å². The summed E-state index contributed by atoms with van der Waals surface area (Å²) in [4.78, 5) is 0. The molecule has 0 saturated heterocycles. The minimum atomic E-state index is -3.39. The maximum absolute atomic E-state index is 13.2. The van der Waals surface area contributed by atoms with Gasteiger partial charge in [-0.05, 0) is 35.2 Å². The fraction of sp³-hybridized carbons (Fsp3) is 0.294. The van der Waals surface area contributed by atoms with E-state index in [0.717, 1.165) is 16.7 Å². The molecule has 0 spiro atoms. The van der Waals surface area contributed by atoms with Gasteiger partial charge in [-0.15, -0.1) is 0 Å². The molecule has 4 nitrogen and oxygen atoms in total. The van der Waals surface area contributed by atoms with Gasteiger partial charge in [0.25, 0.3) is 0 Å². The molecule has 2 aromatic rings. The molecule has 1 atom stereocenters. The van der Waals surface area contributed by atoms with Gasteiger partial charge in [-0.25, -0.2) is 17.5 Å². The van der Waals surface area contributed by atoms with Gasteiger partial charge in [0, 0.05) is 19.1 Å². The Bertz CT molecular complexity index is 778. The van der Waals surface area contributed by atoms with Gasteiger partial charge in [-0.3, -0.25) is 0 Å². The summed E-state index contributed by atoms with van der Waals surface area (Å²) in [6.07, 6.45) is 0.653. The molecule has 0 amide bonds. The van der Waals surface area contributed by atoms with Crippen LogP contribution in [0.5, 0.6) is 0 Å². The summed E-state index contributed by atoms with van der Waals surface area (Å²) >= 11 is 0. The first kappa shape index (κ1) is 16.1. The Kier molecular flexibility index (Phi) is 4.75. The lowest BCUT2D eigenvalue weighted by atomic mass is 10.1. The van der Waals surface area contributed by atoms with E-state index in [-0.39, 0.29) is 17.6 Å². The minimum Gasteiger partial charge on any atom is -0.305 e. The van der Waals surface area contributed by atoms with E-state index in [2.05, 4.69) is 10.0 Å². The lowest BCUT2D eigenvalue weighted by Gasteiger charge is -2.13. The lowest BCUT2D eigenvalue weighted by Crippen LogP contribution is -2.33. The summed E-state index contributed by atoms with van der Waals surface area (Å²) in [6, 6.07) is 13.9. The van der Waals surface area contributed by atoms with Crippen LogP contribution in [0, 0.1) is 5.82 Å². The molecule has 0 bridgehead atoms. The zero-order chi connectivity index (χ0) is 16.3. The molecular formula is C17H19FN2O2S. The monoisotopic (exact) mass is 334 g/mol. The molecule has 2 aromatic carbocycles. The first-order chi connectivity index (χ1) is 11.0. The van der Waals surface area contributed by atoms with Crippen LogP contribution >= 0.6 is 0 Å². The summed E-state index contributed by atoms with van der Waals surface area (Å²) in [6.45, 7) is 0.868. The first-order valence-electron chi connectivity index (χ1n) is 7.56. The van der Waals surface area contributed by atoms with Crippen molar-refractivity contribution in [2.24, 2.45) is 0 Å². The van der Waals surface area contributed by atoms with Crippen LogP contribution in [0.3, 0.4) is 0 Å². The SMILES string of the molecule is O=S(=O)(CC1NCc2cc(F)ccc21)NCCc1ccccc1. The van der Waals surface area contributed by atoms with Crippen molar-refractivity contribution >= 4 is 10.0 Å². The molecule has 1 aliphatic rings. The van der Waals surface area contributed by atoms with E-state index in [4.69, 9.17) is 0 Å². The number of hydrogen-bond acceptors (Lipinski definition) is 3. The number of halogens is 1. The molecule has 2 N–H and O–H groups in total. The van der Waals surface area contributed by atoms with Gasteiger partial charge in [0.1, 0.15) is 5.82 Å². The normalized spacial score (nSPS) is 17.2. The number of fused-ring (bicyclic) bond motifs is 1. The zero-order valence-corrected chi connectivity index (χ0v) is 13.4. The van der Waals surface area contributed by atoms with E-state index in [1.54, 1.807) is 6.07 Å². The lowest BCUT2D eigenvalue weighted by molar-refractivity contribution is 0.559. The van der Waals surface area contributed by atoms with E-state index >= 15 is 0 Å².